The second-order valence-corrected chi connectivity index (χ2v) is 10.4. The van der Waals surface area contributed by atoms with Crippen LogP contribution in [0.15, 0.2) is 47.4 Å². The van der Waals surface area contributed by atoms with Gasteiger partial charge in [0.05, 0.1) is 17.5 Å². The van der Waals surface area contributed by atoms with Crippen molar-refractivity contribution in [2.75, 3.05) is 13.6 Å². The molecule has 156 valence electrons. The molecule has 1 aliphatic heterocycles. The van der Waals surface area contributed by atoms with Crippen molar-refractivity contribution in [1.29, 1.82) is 0 Å². The average Bonchev–Trinajstić information content (AvgIpc) is 2.60. The number of carbonyl (C=O) groups is 1. The van der Waals surface area contributed by atoms with Gasteiger partial charge in [0.1, 0.15) is 11.4 Å². The Hall–Kier alpha value is -2.09. The number of sulfonamides is 1. The maximum absolute atomic E-state index is 12.7. The first kappa shape index (κ1) is 21.6. The van der Waals surface area contributed by atoms with E-state index in [1.807, 2.05) is 39.0 Å². The summed E-state index contributed by atoms with van der Waals surface area (Å²) in [4.78, 5) is 12.8. The van der Waals surface area contributed by atoms with Gasteiger partial charge < -0.3 is 10.1 Å². The van der Waals surface area contributed by atoms with Crippen molar-refractivity contribution < 1.29 is 17.9 Å². The molecule has 6 nitrogen and oxygen atoms in total. The highest BCUT2D eigenvalue weighted by molar-refractivity contribution is 7.89. The molecule has 0 aromatic heterocycles. The van der Waals surface area contributed by atoms with E-state index in [1.54, 1.807) is 0 Å². The van der Waals surface area contributed by atoms with E-state index >= 15 is 0 Å². The summed E-state index contributed by atoms with van der Waals surface area (Å²) in [7, 11) is -2.41. The molecule has 0 saturated heterocycles. The lowest BCUT2D eigenvalue weighted by Crippen LogP contribution is -2.44. The molecule has 0 unspecified atom stereocenters. The number of likely N-dealkylation sites (N-methyl/N-ethyl adjacent to an activating group) is 1. The van der Waals surface area contributed by atoms with Crippen LogP contribution in [0.1, 0.15) is 37.4 Å². The van der Waals surface area contributed by atoms with Crippen molar-refractivity contribution in [2.45, 2.75) is 43.7 Å². The van der Waals surface area contributed by atoms with Gasteiger partial charge in [0.25, 0.3) is 0 Å². The molecule has 1 atom stereocenters. The summed E-state index contributed by atoms with van der Waals surface area (Å²) in [5, 5.41) is 3.41. The number of aryl methyl sites for hydroxylation is 1. The largest absolute Gasteiger partial charge is 0.487 e. The van der Waals surface area contributed by atoms with Crippen LogP contribution >= 0.6 is 11.6 Å². The summed E-state index contributed by atoms with van der Waals surface area (Å²) in [6.45, 7) is 5.63. The Morgan fingerprint density at radius 1 is 1.24 bits per heavy atom. The number of hydrogen-bond acceptors (Lipinski definition) is 4. The minimum Gasteiger partial charge on any atom is -0.487 e. The van der Waals surface area contributed by atoms with Gasteiger partial charge in [-0.25, -0.2) is 8.42 Å². The molecule has 2 aromatic rings. The Bertz CT molecular complexity index is 1020. The van der Waals surface area contributed by atoms with Crippen molar-refractivity contribution in [1.82, 2.24) is 9.62 Å². The molecule has 0 fully saturated rings. The first-order chi connectivity index (χ1) is 13.5. The molecule has 29 heavy (non-hydrogen) atoms. The van der Waals surface area contributed by atoms with Crippen molar-refractivity contribution in [3.8, 4) is 5.75 Å². The molecule has 1 heterocycles. The van der Waals surface area contributed by atoms with Crippen LogP contribution in [0.2, 0.25) is 5.02 Å². The van der Waals surface area contributed by atoms with Gasteiger partial charge in [-0.15, -0.1) is 0 Å². The van der Waals surface area contributed by atoms with Crippen LogP contribution in [0.5, 0.6) is 5.75 Å². The van der Waals surface area contributed by atoms with E-state index in [4.69, 9.17) is 16.3 Å². The summed E-state index contributed by atoms with van der Waals surface area (Å²) in [6.07, 6.45) is 0.586. The number of fused-ring (bicyclic) bond motifs is 1. The standard InChI is InChI=1S/C21H25ClN2O4S/c1-14-5-10-17-18(12-21(2,3)28-19(17)11-14)23-20(25)13-24(4)29(26,27)16-8-6-15(22)7-9-16/h5-11,18H,12-13H2,1-4H3,(H,23,25)/t18-/m1/s1. The van der Waals surface area contributed by atoms with Crippen LogP contribution in [0, 0.1) is 6.92 Å². The van der Waals surface area contributed by atoms with Crippen molar-refractivity contribution in [2.24, 2.45) is 0 Å². The Kier molecular flexibility index (Phi) is 5.94. The third-order valence-corrected chi connectivity index (χ3v) is 6.92. The highest BCUT2D eigenvalue weighted by Gasteiger charge is 2.35. The Morgan fingerprint density at radius 2 is 1.90 bits per heavy atom. The number of nitrogens with zero attached hydrogens (tertiary/aromatic N) is 1. The molecule has 8 heteroatoms. The number of rotatable bonds is 5. The van der Waals surface area contributed by atoms with Gasteiger partial charge in [0.15, 0.2) is 0 Å². The topological polar surface area (TPSA) is 75.7 Å². The quantitative estimate of drug-likeness (QED) is 0.775. The number of carbonyl (C=O) groups excluding carboxylic acids is 1. The van der Waals surface area contributed by atoms with Crippen LogP contribution in [0.25, 0.3) is 0 Å². The second-order valence-electron chi connectivity index (χ2n) is 7.94. The van der Waals surface area contributed by atoms with Crippen LogP contribution in [0.3, 0.4) is 0 Å². The third kappa shape index (κ3) is 4.91. The van der Waals surface area contributed by atoms with Gasteiger partial charge >= 0.3 is 0 Å². The maximum Gasteiger partial charge on any atom is 0.243 e. The number of nitrogens with one attached hydrogen (secondary N) is 1. The Morgan fingerprint density at radius 3 is 2.55 bits per heavy atom. The van der Waals surface area contributed by atoms with E-state index in [0.29, 0.717) is 11.4 Å². The molecule has 1 N–H and O–H groups in total. The molecular formula is C21H25ClN2O4S. The zero-order valence-electron chi connectivity index (χ0n) is 16.9. The molecule has 0 spiro atoms. The highest BCUT2D eigenvalue weighted by atomic mass is 35.5. The van der Waals surface area contributed by atoms with Crippen LogP contribution in [0.4, 0.5) is 0 Å². The number of benzene rings is 2. The predicted molar refractivity (Wildman–Crippen MR) is 113 cm³/mol. The van der Waals surface area contributed by atoms with Gasteiger partial charge in [-0.3, -0.25) is 4.79 Å². The lowest BCUT2D eigenvalue weighted by atomic mass is 9.89. The summed E-state index contributed by atoms with van der Waals surface area (Å²) in [5.41, 5.74) is 1.52. The zero-order chi connectivity index (χ0) is 21.4. The highest BCUT2D eigenvalue weighted by Crippen LogP contribution is 2.39. The van der Waals surface area contributed by atoms with Crippen LogP contribution in [-0.4, -0.2) is 37.8 Å². The van der Waals surface area contributed by atoms with Gasteiger partial charge in [-0.05, 0) is 56.7 Å². The molecular weight excluding hydrogens is 412 g/mol. The molecule has 0 bridgehead atoms. The molecule has 1 aliphatic rings. The molecule has 0 radical (unpaired) electrons. The smallest absolute Gasteiger partial charge is 0.243 e. The zero-order valence-corrected chi connectivity index (χ0v) is 18.5. The minimum atomic E-state index is -3.79. The Labute approximate surface area is 176 Å². The maximum atomic E-state index is 12.7. The number of ether oxygens (including phenoxy) is 1. The van der Waals surface area contributed by atoms with Crippen molar-refractivity contribution in [3.05, 3.63) is 58.6 Å². The van der Waals surface area contributed by atoms with E-state index in [-0.39, 0.29) is 23.4 Å². The monoisotopic (exact) mass is 436 g/mol. The molecule has 0 saturated carbocycles. The molecule has 0 aliphatic carbocycles. The summed E-state index contributed by atoms with van der Waals surface area (Å²) < 4.78 is 32.5. The Balaban J connectivity index is 1.74. The third-order valence-electron chi connectivity index (χ3n) is 4.85. The fourth-order valence-electron chi connectivity index (χ4n) is 3.40. The van der Waals surface area contributed by atoms with E-state index in [1.165, 1.54) is 31.3 Å². The van der Waals surface area contributed by atoms with Crippen molar-refractivity contribution in [3.63, 3.8) is 0 Å². The molecule has 3 rings (SSSR count). The fourth-order valence-corrected chi connectivity index (χ4v) is 4.65. The number of amides is 1. The predicted octanol–water partition coefficient (Wildman–Crippen LogP) is 3.69. The lowest BCUT2D eigenvalue weighted by molar-refractivity contribution is -0.122. The van der Waals surface area contributed by atoms with E-state index < -0.39 is 15.6 Å². The molecule has 1 amide bonds. The summed E-state index contributed by atoms with van der Waals surface area (Å²) in [5.74, 6) is 0.368. The van der Waals surface area contributed by atoms with E-state index in [0.717, 1.165) is 21.2 Å². The fraction of sp³-hybridized carbons (Fsp3) is 0.381. The molecule has 2 aromatic carbocycles. The SMILES string of the molecule is Cc1ccc2c(c1)OC(C)(C)C[C@H]2NC(=O)CN(C)S(=O)(=O)c1ccc(Cl)cc1. The van der Waals surface area contributed by atoms with Gasteiger partial charge in [-0.2, -0.15) is 4.31 Å². The van der Waals surface area contributed by atoms with Crippen LogP contribution < -0.4 is 10.1 Å². The second kappa shape index (κ2) is 7.97. The van der Waals surface area contributed by atoms with Crippen LogP contribution in [-0.2, 0) is 14.8 Å². The van der Waals surface area contributed by atoms with Gasteiger partial charge in [-0.1, -0.05) is 23.7 Å². The van der Waals surface area contributed by atoms with Gasteiger partial charge in [0.2, 0.25) is 15.9 Å². The summed E-state index contributed by atoms with van der Waals surface area (Å²) in [6, 6.07) is 11.5. The van der Waals surface area contributed by atoms with Gasteiger partial charge in [0, 0.05) is 24.1 Å². The minimum absolute atomic E-state index is 0.0882. The van der Waals surface area contributed by atoms with Crippen molar-refractivity contribution >= 4 is 27.5 Å². The number of hydrogen-bond donors (Lipinski definition) is 1. The normalized spacial score (nSPS) is 18.1. The number of halogens is 1. The van der Waals surface area contributed by atoms with E-state index in [9.17, 15) is 13.2 Å². The average molecular weight is 437 g/mol. The lowest BCUT2D eigenvalue weighted by Gasteiger charge is -2.38. The first-order valence-electron chi connectivity index (χ1n) is 9.29. The summed E-state index contributed by atoms with van der Waals surface area (Å²) >= 11 is 5.83. The first-order valence-corrected chi connectivity index (χ1v) is 11.1. The van der Waals surface area contributed by atoms with E-state index in [2.05, 4.69) is 5.32 Å².